The van der Waals surface area contributed by atoms with Crippen LogP contribution in [0.3, 0.4) is 0 Å². The summed E-state index contributed by atoms with van der Waals surface area (Å²) in [7, 11) is 0. The van der Waals surface area contributed by atoms with Crippen LogP contribution in [0.5, 0.6) is 0 Å². The number of nitrogens with zero attached hydrogens (tertiary/aromatic N) is 3. The van der Waals surface area contributed by atoms with Crippen LogP contribution in [0, 0.1) is 6.92 Å². The molecule has 0 aliphatic heterocycles. The second kappa shape index (κ2) is 3.70. The van der Waals surface area contributed by atoms with Gasteiger partial charge in [-0.25, -0.2) is 4.98 Å². The van der Waals surface area contributed by atoms with Crippen molar-refractivity contribution in [2.75, 3.05) is 0 Å². The SMILES string of the molecule is Cc1[nH]nc(-n2ccnc2C(C)C)c1Cl. The lowest BCUT2D eigenvalue weighted by atomic mass is 10.2. The van der Waals surface area contributed by atoms with Gasteiger partial charge in [-0.05, 0) is 6.92 Å². The Hall–Kier alpha value is -1.29. The fraction of sp³-hybridized carbons (Fsp3) is 0.400. The third kappa shape index (κ3) is 1.65. The zero-order valence-corrected chi connectivity index (χ0v) is 9.71. The van der Waals surface area contributed by atoms with Gasteiger partial charge >= 0.3 is 0 Å². The van der Waals surface area contributed by atoms with Crippen molar-refractivity contribution in [3.63, 3.8) is 0 Å². The summed E-state index contributed by atoms with van der Waals surface area (Å²) < 4.78 is 1.91. The van der Waals surface area contributed by atoms with E-state index in [-0.39, 0.29) is 0 Å². The highest BCUT2D eigenvalue weighted by atomic mass is 35.5. The van der Waals surface area contributed by atoms with Crippen molar-refractivity contribution in [1.29, 1.82) is 0 Å². The lowest BCUT2D eigenvalue weighted by Gasteiger charge is -2.07. The first-order valence-corrected chi connectivity index (χ1v) is 5.23. The third-order valence-electron chi connectivity index (χ3n) is 2.27. The van der Waals surface area contributed by atoms with Gasteiger partial charge in [0.25, 0.3) is 0 Å². The Morgan fingerprint density at radius 1 is 1.47 bits per heavy atom. The maximum absolute atomic E-state index is 6.13. The molecule has 0 saturated heterocycles. The van der Waals surface area contributed by atoms with E-state index in [0.717, 1.165) is 17.3 Å². The third-order valence-corrected chi connectivity index (χ3v) is 2.72. The molecule has 15 heavy (non-hydrogen) atoms. The van der Waals surface area contributed by atoms with E-state index in [9.17, 15) is 0 Å². The number of halogens is 1. The van der Waals surface area contributed by atoms with Crippen LogP contribution in [-0.2, 0) is 0 Å². The Morgan fingerprint density at radius 3 is 2.73 bits per heavy atom. The molecule has 0 fully saturated rings. The number of imidazole rings is 1. The van der Waals surface area contributed by atoms with Crippen molar-refractivity contribution in [3.8, 4) is 5.82 Å². The smallest absolute Gasteiger partial charge is 0.179 e. The summed E-state index contributed by atoms with van der Waals surface area (Å²) >= 11 is 6.13. The molecule has 2 aromatic rings. The fourth-order valence-electron chi connectivity index (χ4n) is 1.48. The molecule has 1 N–H and O–H groups in total. The minimum Gasteiger partial charge on any atom is -0.285 e. The lowest BCUT2D eigenvalue weighted by molar-refractivity contribution is 0.742. The molecule has 0 aromatic carbocycles. The van der Waals surface area contributed by atoms with E-state index in [2.05, 4.69) is 29.0 Å². The molecule has 0 atom stereocenters. The summed E-state index contributed by atoms with van der Waals surface area (Å²) in [6, 6.07) is 0. The fourth-order valence-corrected chi connectivity index (χ4v) is 1.66. The molecular formula is C10H13ClN4. The number of rotatable bonds is 2. The first-order chi connectivity index (χ1) is 7.11. The minimum atomic E-state index is 0.341. The minimum absolute atomic E-state index is 0.341. The summed E-state index contributed by atoms with van der Waals surface area (Å²) in [5.74, 6) is 2.02. The molecule has 0 aliphatic rings. The van der Waals surface area contributed by atoms with Crippen LogP contribution in [-0.4, -0.2) is 19.7 Å². The molecule has 4 nitrogen and oxygen atoms in total. The zero-order valence-electron chi connectivity index (χ0n) is 8.95. The number of H-pyrrole nitrogens is 1. The Labute approximate surface area is 93.3 Å². The highest BCUT2D eigenvalue weighted by Gasteiger charge is 2.14. The van der Waals surface area contributed by atoms with E-state index in [1.165, 1.54) is 0 Å². The van der Waals surface area contributed by atoms with Gasteiger partial charge in [-0.3, -0.25) is 9.67 Å². The molecule has 0 bridgehead atoms. The maximum atomic E-state index is 6.13. The Morgan fingerprint density at radius 2 is 2.20 bits per heavy atom. The van der Waals surface area contributed by atoms with Crippen LogP contribution >= 0.6 is 11.6 Å². The lowest BCUT2D eigenvalue weighted by Crippen LogP contribution is -2.03. The van der Waals surface area contributed by atoms with Gasteiger partial charge in [-0.1, -0.05) is 25.4 Å². The average Bonchev–Trinajstić information content (AvgIpc) is 2.75. The molecule has 0 saturated carbocycles. The predicted octanol–water partition coefficient (Wildman–Crippen LogP) is 2.68. The van der Waals surface area contributed by atoms with E-state index in [0.29, 0.717) is 10.9 Å². The molecule has 2 heterocycles. The zero-order chi connectivity index (χ0) is 11.0. The number of hydrogen-bond acceptors (Lipinski definition) is 2. The maximum Gasteiger partial charge on any atom is 0.179 e. The highest BCUT2D eigenvalue weighted by molar-refractivity contribution is 6.32. The summed E-state index contributed by atoms with van der Waals surface area (Å²) in [4.78, 5) is 4.29. The summed E-state index contributed by atoms with van der Waals surface area (Å²) in [6.45, 7) is 6.07. The number of aryl methyl sites for hydroxylation is 1. The molecule has 2 aromatic heterocycles. The quantitative estimate of drug-likeness (QED) is 0.853. The molecule has 80 valence electrons. The monoisotopic (exact) mass is 224 g/mol. The second-order valence-corrected chi connectivity index (χ2v) is 4.17. The second-order valence-electron chi connectivity index (χ2n) is 3.80. The first kappa shape index (κ1) is 10.2. The Kier molecular flexibility index (Phi) is 2.52. The van der Waals surface area contributed by atoms with Crippen molar-refractivity contribution in [3.05, 3.63) is 28.9 Å². The van der Waals surface area contributed by atoms with Crippen LogP contribution in [0.1, 0.15) is 31.3 Å². The van der Waals surface area contributed by atoms with E-state index < -0.39 is 0 Å². The van der Waals surface area contributed by atoms with Gasteiger partial charge in [-0.15, -0.1) is 0 Å². The number of nitrogens with one attached hydrogen (secondary N) is 1. The molecule has 2 rings (SSSR count). The van der Waals surface area contributed by atoms with Crippen LogP contribution in [0.4, 0.5) is 0 Å². The van der Waals surface area contributed by atoms with E-state index in [4.69, 9.17) is 11.6 Å². The van der Waals surface area contributed by atoms with Crippen molar-refractivity contribution in [1.82, 2.24) is 19.7 Å². The molecule has 5 heteroatoms. The van der Waals surface area contributed by atoms with Gasteiger partial charge < -0.3 is 0 Å². The summed E-state index contributed by atoms with van der Waals surface area (Å²) in [5.41, 5.74) is 0.870. The van der Waals surface area contributed by atoms with Crippen molar-refractivity contribution < 1.29 is 0 Å². The van der Waals surface area contributed by atoms with Gasteiger partial charge in [-0.2, -0.15) is 5.10 Å². The van der Waals surface area contributed by atoms with Crippen LogP contribution in [0.2, 0.25) is 5.02 Å². The van der Waals surface area contributed by atoms with E-state index >= 15 is 0 Å². The summed E-state index contributed by atoms with van der Waals surface area (Å²) in [6.07, 6.45) is 3.63. The largest absolute Gasteiger partial charge is 0.285 e. The molecule has 0 radical (unpaired) electrons. The van der Waals surface area contributed by atoms with Crippen LogP contribution < -0.4 is 0 Å². The van der Waals surface area contributed by atoms with Gasteiger partial charge in [0.15, 0.2) is 5.82 Å². The number of hydrogen-bond donors (Lipinski definition) is 1. The van der Waals surface area contributed by atoms with Crippen molar-refractivity contribution >= 4 is 11.6 Å². The standard InChI is InChI=1S/C10H13ClN4/c1-6(2)9-12-4-5-15(9)10-8(11)7(3)13-14-10/h4-6H,1-3H3,(H,13,14). The number of aromatic amines is 1. The molecule has 0 unspecified atom stereocenters. The van der Waals surface area contributed by atoms with Crippen molar-refractivity contribution in [2.24, 2.45) is 0 Å². The Bertz CT molecular complexity index is 469. The van der Waals surface area contributed by atoms with Crippen molar-refractivity contribution in [2.45, 2.75) is 26.7 Å². The van der Waals surface area contributed by atoms with Gasteiger partial charge in [0.1, 0.15) is 10.8 Å². The van der Waals surface area contributed by atoms with Crippen LogP contribution in [0.15, 0.2) is 12.4 Å². The van der Waals surface area contributed by atoms with Gasteiger partial charge in [0.05, 0.1) is 5.69 Å². The molecule has 0 aliphatic carbocycles. The van der Waals surface area contributed by atoms with E-state index in [1.54, 1.807) is 6.20 Å². The van der Waals surface area contributed by atoms with Crippen LogP contribution in [0.25, 0.3) is 5.82 Å². The first-order valence-electron chi connectivity index (χ1n) is 4.85. The Balaban J connectivity index is 2.54. The topological polar surface area (TPSA) is 46.5 Å². The predicted molar refractivity (Wildman–Crippen MR) is 59.5 cm³/mol. The van der Waals surface area contributed by atoms with Gasteiger partial charge in [0, 0.05) is 18.3 Å². The normalized spacial score (nSPS) is 11.3. The van der Waals surface area contributed by atoms with Gasteiger partial charge in [0.2, 0.25) is 0 Å². The average molecular weight is 225 g/mol. The number of aromatic nitrogens is 4. The molecule has 0 amide bonds. The highest BCUT2D eigenvalue weighted by Crippen LogP contribution is 2.24. The molecular weight excluding hydrogens is 212 g/mol. The molecule has 0 spiro atoms. The van der Waals surface area contributed by atoms with E-state index in [1.807, 2.05) is 17.7 Å². The summed E-state index contributed by atoms with van der Waals surface area (Å²) in [5, 5.41) is 7.68.